The molecule has 1 aliphatic carbocycles. The largest absolute Gasteiger partial charge is 0.268 e. The van der Waals surface area contributed by atoms with Crippen LogP contribution in [0.25, 0.3) is 0 Å². The molecule has 1 aromatic heterocycles. The number of aromatic nitrogens is 2. The first-order chi connectivity index (χ1) is 7.62. The van der Waals surface area contributed by atoms with Gasteiger partial charge in [-0.3, -0.25) is 4.68 Å². The van der Waals surface area contributed by atoms with E-state index in [1.54, 1.807) is 0 Å². The van der Waals surface area contributed by atoms with E-state index >= 15 is 0 Å². The van der Waals surface area contributed by atoms with Gasteiger partial charge in [-0.25, -0.2) is 0 Å². The Kier molecular flexibility index (Phi) is 3.79. The third kappa shape index (κ3) is 2.10. The highest BCUT2D eigenvalue weighted by Crippen LogP contribution is 2.46. The number of halogens is 2. The van der Waals surface area contributed by atoms with E-state index in [2.05, 4.69) is 55.5 Å². The van der Waals surface area contributed by atoms with Crippen LogP contribution in [0.15, 0.2) is 4.47 Å². The van der Waals surface area contributed by atoms with E-state index in [4.69, 9.17) is 0 Å². The van der Waals surface area contributed by atoms with Crippen LogP contribution in [0.4, 0.5) is 0 Å². The molecule has 4 heteroatoms. The fourth-order valence-electron chi connectivity index (χ4n) is 2.43. The van der Waals surface area contributed by atoms with Crippen molar-refractivity contribution in [2.24, 2.45) is 5.41 Å². The molecule has 2 rings (SSSR count). The lowest BCUT2D eigenvalue weighted by Gasteiger charge is -2.40. The first-order valence-corrected chi connectivity index (χ1v) is 7.81. The second-order valence-corrected chi connectivity index (χ2v) is 6.18. The summed E-state index contributed by atoms with van der Waals surface area (Å²) in [5.74, 6) is 0. The predicted molar refractivity (Wildman–Crippen MR) is 74.1 cm³/mol. The van der Waals surface area contributed by atoms with E-state index in [0.29, 0.717) is 5.41 Å². The molecule has 1 fully saturated rings. The highest BCUT2D eigenvalue weighted by molar-refractivity contribution is 9.10. The Labute approximate surface area is 114 Å². The Bertz CT molecular complexity index is 375. The minimum absolute atomic E-state index is 0.488. The maximum atomic E-state index is 4.56. The van der Waals surface area contributed by atoms with Crippen LogP contribution in [-0.2, 0) is 13.0 Å². The molecule has 2 nitrogen and oxygen atoms in total. The van der Waals surface area contributed by atoms with Gasteiger partial charge in [0.1, 0.15) is 0 Å². The van der Waals surface area contributed by atoms with Crippen molar-refractivity contribution in [3.05, 3.63) is 15.9 Å². The van der Waals surface area contributed by atoms with E-state index in [9.17, 15) is 0 Å². The van der Waals surface area contributed by atoms with Gasteiger partial charge in [0.15, 0.2) is 0 Å². The second kappa shape index (κ2) is 4.81. The SMILES string of the molecule is CCn1nc(C)c(Br)c1CC1(CBr)CCC1. The Hall–Kier alpha value is 0.170. The average Bonchev–Trinajstić information content (AvgIpc) is 2.50. The van der Waals surface area contributed by atoms with Gasteiger partial charge in [0.05, 0.1) is 15.9 Å². The number of hydrogen-bond acceptors (Lipinski definition) is 1. The van der Waals surface area contributed by atoms with E-state index in [1.165, 1.54) is 29.4 Å². The molecule has 0 N–H and O–H groups in total. The summed E-state index contributed by atoms with van der Waals surface area (Å²) in [6.45, 7) is 5.19. The van der Waals surface area contributed by atoms with Crippen LogP contribution in [0.1, 0.15) is 37.6 Å². The van der Waals surface area contributed by atoms with Gasteiger partial charge in [-0.2, -0.15) is 5.10 Å². The maximum absolute atomic E-state index is 4.56. The molecule has 0 aromatic carbocycles. The molecule has 16 heavy (non-hydrogen) atoms. The zero-order valence-corrected chi connectivity index (χ0v) is 13.1. The van der Waals surface area contributed by atoms with Gasteiger partial charge in [-0.1, -0.05) is 22.4 Å². The third-order valence-corrected chi connectivity index (χ3v) is 5.91. The lowest BCUT2D eigenvalue weighted by atomic mass is 9.67. The molecule has 1 aliphatic rings. The summed E-state index contributed by atoms with van der Waals surface area (Å²) >= 11 is 7.35. The van der Waals surface area contributed by atoms with E-state index in [1.807, 2.05) is 0 Å². The summed E-state index contributed by atoms with van der Waals surface area (Å²) in [5, 5.41) is 5.67. The van der Waals surface area contributed by atoms with Crippen LogP contribution >= 0.6 is 31.9 Å². The minimum Gasteiger partial charge on any atom is -0.268 e. The van der Waals surface area contributed by atoms with Gasteiger partial charge >= 0.3 is 0 Å². The molecule has 0 unspecified atom stereocenters. The average molecular weight is 350 g/mol. The quantitative estimate of drug-likeness (QED) is 0.749. The topological polar surface area (TPSA) is 17.8 Å². The first kappa shape index (κ1) is 12.6. The molecule has 1 heterocycles. The normalized spacial score (nSPS) is 18.5. The zero-order valence-electron chi connectivity index (χ0n) is 9.89. The van der Waals surface area contributed by atoms with Crippen molar-refractivity contribution >= 4 is 31.9 Å². The fourth-order valence-corrected chi connectivity index (χ4v) is 3.61. The molecule has 0 aliphatic heterocycles. The van der Waals surface area contributed by atoms with Gasteiger partial charge in [0, 0.05) is 11.9 Å². The Morgan fingerprint density at radius 3 is 2.56 bits per heavy atom. The Morgan fingerprint density at radius 1 is 1.44 bits per heavy atom. The highest BCUT2D eigenvalue weighted by atomic mass is 79.9. The molecular formula is C12H18Br2N2. The summed E-state index contributed by atoms with van der Waals surface area (Å²) in [6, 6.07) is 0. The number of aryl methyl sites for hydroxylation is 2. The van der Waals surface area contributed by atoms with E-state index in [-0.39, 0.29) is 0 Å². The molecular weight excluding hydrogens is 332 g/mol. The molecule has 0 atom stereocenters. The summed E-state index contributed by atoms with van der Waals surface area (Å²) in [4.78, 5) is 0. The molecule has 0 spiro atoms. The molecule has 1 saturated carbocycles. The van der Waals surface area contributed by atoms with Gasteiger partial charge < -0.3 is 0 Å². The van der Waals surface area contributed by atoms with E-state index in [0.717, 1.165) is 24.0 Å². The first-order valence-electron chi connectivity index (χ1n) is 5.89. The molecule has 0 radical (unpaired) electrons. The molecule has 0 amide bonds. The number of rotatable bonds is 4. The van der Waals surface area contributed by atoms with E-state index < -0.39 is 0 Å². The van der Waals surface area contributed by atoms with Gasteiger partial charge in [0.25, 0.3) is 0 Å². The third-order valence-electron chi connectivity index (χ3n) is 3.69. The van der Waals surface area contributed by atoms with Gasteiger partial charge in [-0.05, 0) is 54.5 Å². The Balaban J connectivity index is 2.26. The van der Waals surface area contributed by atoms with Crippen LogP contribution in [-0.4, -0.2) is 15.1 Å². The van der Waals surface area contributed by atoms with Crippen molar-refractivity contribution < 1.29 is 0 Å². The number of hydrogen-bond donors (Lipinski definition) is 0. The lowest BCUT2D eigenvalue weighted by Crippen LogP contribution is -2.34. The summed E-state index contributed by atoms with van der Waals surface area (Å²) < 4.78 is 3.35. The van der Waals surface area contributed by atoms with Crippen molar-refractivity contribution in [1.29, 1.82) is 0 Å². The van der Waals surface area contributed by atoms with Crippen molar-refractivity contribution in [3.8, 4) is 0 Å². The fraction of sp³-hybridized carbons (Fsp3) is 0.750. The summed E-state index contributed by atoms with van der Waals surface area (Å²) in [5.41, 5.74) is 2.97. The summed E-state index contributed by atoms with van der Waals surface area (Å²) in [7, 11) is 0. The van der Waals surface area contributed by atoms with Crippen LogP contribution in [0.5, 0.6) is 0 Å². The highest BCUT2D eigenvalue weighted by Gasteiger charge is 2.37. The minimum atomic E-state index is 0.488. The predicted octanol–water partition coefficient (Wildman–Crippen LogP) is 4.08. The standard InChI is InChI=1S/C12H18Br2N2/c1-3-16-10(11(14)9(2)15-16)7-12(8-13)5-4-6-12/h3-8H2,1-2H3. The Morgan fingerprint density at radius 2 is 2.12 bits per heavy atom. The summed E-state index contributed by atoms with van der Waals surface area (Å²) in [6.07, 6.45) is 5.22. The van der Waals surface area contributed by atoms with Crippen molar-refractivity contribution in [2.45, 2.75) is 46.1 Å². The van der Waals surface area contributed by atoms with Crippen LogP contribution in [0.2, 0.25) is 0 Å². The zero-order chi connectivity index (χ0) is 11.8. The van der Waals surface area contributed by atoms with Crippen LogP contribution in [0, 0.1) is 12.3 Å². The molecule has 0 saturated heterocycles. The van der Waals surface area contributed by atoms with Gasteiger partial charge in [-0.15, -0.1) is 0 Å². The second-order valence-electron chi connectivity index (χ2n) is 4.83. The molecule has 1 aromatic rings. The van der Waals surface area contributed by atoms with Crippen molar-refractivity contribution in [2.75, 3.05) is 5.33 Å². The monoisotopic (exact) mass is 348 g/mol. The van der Waals surface area contributed by atoms with Crippen LogP contribution < -0.4 is 0 Å². The van der Waals surface area contributed by atoms with Crippen LogP contribution in [0.3, 0.4) is 0 Å². The van der Waals surface area contributed by atoms with Gasteiger partial charge in [0.2, 0.25) is 0 Å². The number of nitrogens with zero attached hydrogens (tertiary/aromatic N) is 2. The van der Waals surface area contributed by atoms with Crippen molar-refractivity contribution in [3.63, 3.8) is 0 Å². The molecule has 90 valence electrons. The smallest absolute Gasteiger partial charge is 0.0738 e. The molecule has 0 bridgehead atoms. The lowest BCUT2D eigenvalue weighted by molar-refractivity contribution is 0.165. The number of alkyl halides is 1. The van der Waals surface area contributed by atoms with Crippen molar-refractivity contribution in [1.82, 2.24) is 9.78 Å². The maximum Gasteiger partial charge on any atom is 0.0738 e.